The fraction of sp³-hybridized carbons (Fsp3) is 0.579. The van der Waals surface area contributed by atoms with Crippen LogP contribution in [0.4, 0.5) is 18.9 Å². The minimum Gasteiger partial charge on any atom is -0.371 e. The predicted octanol–water partition coefficient (Wildman–Crippen LogP) is 2.43. The molecule has 1 aromatic rings. The summed E-state index contributed by atoms with van der Waals surface area (Å²) in [6, 6.07) is 10.1. The van der Waals surface area contributed by atoms with E-state index in [2.05, 4.69) is 22.3 Å². The largest absolute Gasteiger partial charge is 0.471 e. The van der Waals surface area contributed by atoms with E-state index in [1.807, 2.05) is 18.2 Å². The summed E-state index contributed by atoms with van der Waals surface area (Å²) in [5, 5.41) is 2.95. The Balaban J connectivity index is 1.40. The van der Waals surface area contributed by atoms with Gasteiger partial charge in [0.15, 0.2) is 0 Å². The Morgan fingerprint density at radius 3 is 2.33 bits per heavy atom. The zero-order valence-corrected chi connectivity index (χ0v) is 15.0. The van der Waals surface area contributed by atoms with E-state index in [4.69, 9.17) is 0 Å². The molecule has 1 unspecified atom stereocenters. The number of carbonyl (C=O) groups is 2. The molecule has 0 aromatic heterocycles. The second-order valence-electron chi connectivity index (χ2n) is 7.25. The van der Waals surface area contributed by atoms with Gasteiger partial charge in [0.05, 0.1) is 0 Å². The number of halogens is 3. The smallest absolute Gasteiger partial charge is 0.371 e. The molecule has 1 N–H and O–H groups in total. The molecule has 2 aliphatic heterocycles. The van der Waals surface area contributed by atoms with Crippen LogP contribution >= 0.6 is 0 Å². The van der Waals surface area contributed by atoms with Crippen LogP contribution in [0.25, 0.3) is 0 Å². The van der Waals surface area contributed by atoms with Gasteiger partial charge >= 0.3 is 12.1 Å². The summed E-state index contributed by atoms with van der Waals surface area (Å²) in [7, 11) is 0. The van der Waals surface area contributed by atoms with Gasteiger partial charge in [0, 0.05) is 44.3 Å². The molecule has 0 radical (unpaired) electrons. The highest BCUT2D eigenvalue weighted by atomic mass is 19.4. The Bertz CT molecular complexity index is 658. The van der Waals surface area contributed by atoms with Gasteiger partial charge in [0.2, 0.25) is 5.91 Å². The van der Waals surface area contributed by atoms with E-state index in [9.17, 15) is 22.8 Å². The molecule has 27 heavy (non-hydrogen) atoms. The van der Waals surface area contributed by atoms with Crippen LogP contribution in [0.1, 0.15) is 19.3 Å². The fourth-order valence-corrected chi connectivity index (χ4v) is 3.79. The van der Waals surface area contributed by atoms with Crippen molar-refractivity contribution in [1.29, 1.82) is 0 Å². The van der Waals surface area contributed by atoms with Crippen LogP contribution in [0.5, 0.6) is 0 Å². The van der Waals surface area contributed by atoms with Crippen LogP contribution in [0, 0.1) is 11.8 Å². The Kier molecular flexibility index (Phi) is 5.92. The minimum atomic E-state index is -4.85. The number of rotatable bonds is 4. The monoisotopic (exact) mass is 383 g/mol. The Labute approximate surface area is 156 Å². The number of alkyl halides is 3. The van der Waals surface area contributed by atoms with Crippen molar-refractivity contribution >= 4 is 17.5 Å². The van der Waals surface area contributed by atoms with Crippen molar-refractivity contribution < 1.29 is 22.8 Å². The Hall–Kier alpha value is -2.25. The number of amides is 2. The molecule has 3 rings (SSSR count). The third-order valence-electron chi connectivity index (χ3n) is 5.37. The maximum Gasteiger partial charge on any atom is 0.471 e. The van der Waals surface area contributed by atoms with Crippen molar-refractivity contribution in [1.82, 2.24) is 10.2 Å². The van der Waals surface area contributed by atoms with Gasteiger partial charge in [0.1, 0.15) is 0 Å². The number of benzene rings is 1. The van der Waals surface area contributed by atoms with Crippen molar-refractivity contribution in [2.24, 2.45) is 11.8 Å². The van der Waals surface area contributed by atoms with Crippen molar-refractivity contribution in [2.75, 3.05) is 37.6 Å². The van der Waals surface area contributed by atoms with Gasteiger partial charge < -0.3 is 15.1 Å². The third kappa shape index (κ3) is 4.93. The first-order valence-corrected chi connectivity index (χ1v) is 9.28. The molecule has 0 aliphatic carbocycles. The van der Waals surface area contributed by atoms with E-state index in [1.54, 1.807) is 0 Å². The first kappa shape index (κ1) is 19.5. The number of nitrogens with zero attached hydrogens (tertiary/aromatic N) is 2. The lowest BCUT2D eigenvalue weighted by Crippen LogP contribution is -2.48. The summed E-state index contributed by atoms with van der Waals surface area (Å²) >= 11 is 0. The first-order chi connectivity index (χ1) is 12.8. The number of nitrogens with one attached hydrogen (secondary N) is 1. The van der Waals surface area contributed by atoms with Crippen LogP contribution in [0.15, 0.2) is 30.3 Å². The normalized spacial score (nSPS) is 21.4. The quantitative estimate of drug-likeness (QED) is 0.869. The standard InChI is InChI=1S/C19H24F3N3O2/c20-19(21,22)18(27)24-10-7-15(8-11-24)17(26)23-12-14-6-9-25(13-14)16-4-2-1-3-5-16/h1-5,14-15H,6-13H2,(H,23,26). The van der Waals surface area contributed by atoms with E-state index in [-0.39, 0.29) is 37.8 Å². The molecule has 8 heteroatoms. The lowest BCUT2D eigenvalue weighted by atomic mass is 9.95. The molecular weight excluding hydrogens is 359 g/mol. The molecule has 2 amide bonds. The summed E-state index contributed by atoms with van der Waals surface area (Å²) in [4.78, 5) is 26.6. The van der Waals surface area contributed by atoms with E-state index in [1.165, 1.54) is 5.69 Å². The van der Waals surface area contributed by atoms with Gasteiger partial charge in [-0.15, -0.1) is 0 Å². The van der Waals surface area contributed by atoms with Crippen molar-refractivity contribution in [3.63, 3.8) is 0 Å². The second kappa shape index (κ2) is 8.19. The van der Waals surface area contributed by atoms with Gasteiger partial charge in [-0.25, -0.2) is 0 Å². The number of likely N-dealkylation sites (tertiary alicyclic amines) is 1. The van der Waals surface area contributed by atoms with Gasteiger partial charge in [-0.2, -0.15) is 13.2 Å². The van der Waals surface area contributed by atoms with Gasteiger partial charge in [0.25, 0.3) is 0 Å². The average Bonchev–Trinajstić information content (AvgIpc) is 3.15. The molecule has 2 aliphatic rings. The lowest BCUT2D eigenvalue weighted by Gasteiger charge is -2.31. The van der Waals surface area contributed by atoms with E-state index < -0.39 is 12.1 Å². The van der Waals surface area contributed by atoms with Gasteiger partial charge in [-0.05, 0) is 37.3 Å². The molecule has 0 saturated carbocycles. The van der Waals surface area contributed by atoms with Crippen molar-refractivity contribution in [3.05, 3.63) is 30.3 Å². The molecule has 5 nitrogen and oxygen atoms in total. The Morgan fingerprint density at radius 1 is 1.04 bits per heavy atom. The maximum absolute atomic E-state index is 12.5. The van der Waals surface area contributed by atoms with E-state index in [0.717, 1.165) is 24.4 Å². The number of carbonyl (C=O) groups excluding carboxylic acids is 2. The van der Waals surface area contributed by atoms with Crippen LogP contribution in [-0.4, -0.2) is 55.6 Å². The van der Waals surface area contributed by atoms with Crippen LogP contribution < -0.4 is 10.2 Å². The van der Waals surface area contributed by atoms with E-state index in [0.29, 0.717) is 12.5 Å². The summed E-state index contributed by atoms with van der Waals surface area (Å²) < 4.78 is 37.4. The Morgan fingerprint density at radius 2 is 1.70 bits per heavy atom. The highest BCUT2D eigenvalue weighted by Gasteiger charge is 2.43. The zero-order chi connectivity index (χ0) is 19.4. The molecule has 148 valence electrons. The number of anilines is 1. The lowest BCUT2D eigenvalue weighted by molar-refractivity contribution is -0.186. The number of hydrogen-bond acceptors (Lipinski definition) is 3. The van der Waals surface area contributed by atoms with Crippen LogP contribution in [0.3, 0.4) is 0 Å². The maximum atomic E-state index is 12.5. The number of hydrogen-bond donors (Lipinski definition) is 1. The van der Waals surface area contributed by atoms with Crippen molar-refractivity contribution in [2.45, 2.75) is 25.4 Å². The molecule has 1 aromatic carbocycles. The van der Waals surface area contributed by atoms with Crippen molar-refractivity contribution in [3.8, 4) is 0 Å². The summed E-state index contributed by atoms with van der Waals surface area (Å²) in [6.45, 7) is 2.35. The second-order valence-corrected chi connectivity index (χ2v) is 7.25. The molecule has 1 atom stereocenters. The van der Waals surface area contributed by atoms with E-state index >= 15 is 0 Å². The molecule has 0 spiro atoms. The zero-order valence-electron chi connectivity index (χ0n) is 15.0. The minimum absolute atomic E-state index is 0.0261. The highest BCUT2D eigenvalue weighted by Crippen LogP contribution is 2.25. The first-order valence-electron chi connectivity index (χ1n) is 9.28. The molecule has 2 fully saturated rings. The average molecular weight is 383 g/mol. The molecular formula is C19H24F3N3O2. The highest BCUT2D eigenvalue weighted by molar-refractivity contribution is 5.83. The number of para-hydroxylation sites is 1. The van der Waals surface area contributed by atoms with Gasteiger partial charge in [-0.3, -0.25) is 9.59 Å². The van der Waals surface area contributed by atoms with Crippen LogP contribution in [-0.2, 0) is 9.59 Å². The topological polar surface area (TPSA) is 52.7 Å². The van der Waals surface area contributed by atoms with Gasteiger partial charge in [-0.1, -0.05) is 18.2 Å². The summed E-state index contributed by atoms with van der Waals surface area (Å²) in [5.41, 5.74) is 1.17. The summed E-state index contributed by atoms with van der Waals surface area (Å²) in [6.07, 6.45) is -3.31. The van der Waals surface area contributed by atoms with Crippen LogP contribution in [0.2, 0.25) is 0 Å². The molecule has 0 bridgehead atoms. The SMILES string of the molecule is O=C(NCC1CCN(c2ccccc2)C1)C1CCN(C(=O)C(F)(F)F)CC1. The molecule has 2 heterocycles. The third-order valence-corrected chi connectivity index (χ3v) is 5.37. The fourth-order valence-electron chi connectivity index (χ4n) is 3.79. The number of piperidine rings is 1. The summed E-state index contributed by atoms with van der Waals surface area (Å²) in [5.74, 6) is -1.89. The predicted molar refractivity (Wildman–Crippen MR) is 95.1 cm³/mol. The molecule has 2 saturated heterocycles.